The van der Waals surface area contributed by atoms with Crippen LogP contribution in [-0.4, -0.2) is 79.7 Å². The molecular weight excluding hydrogens is 632 g/mol. The highest BCUT2D eigenvalue weighted by atomic mass is 79.9. The monoisotopic (exact) mass is 700 g/mol. The standard InChI is InChI=1S/C12H24O3.C10H20O3.C7H13BrO2.C5H12O/c1-3-5-7-10-14-11-8-6-9-12(13)15-4-2;1-2-3-5-8-13-9-6-4-7-10(11)12;1-2-10-7(9)5-3-4-6-8;1-2-3-4-5-6/h3-11H2,1-2H3;2-9H2,1H3,(H,11,12);2-6H2,1H3;6H,2-5H2,1H3. The minimum absolute atomic E-state index is 0.0801. The predicted molar refractivity (Wildman–Crippen MR) is 184 cm³/mol. The first kappa shape index (κ1) is 49.6. The Morgan fingerprint density at radius 1 is 0.523 bits per heavy atom. The van der Waals surface area contributed by atoms with Crippen LogP contribution in [0.1, 0.15) is 150 Å². The van der Waals surface area contributed by atoms with Crippen LogP contribution in [0.25, 0.3) is 0 Å². The third-order valence-corrected chi connectivity index (χ3v) is 6.33. The Bertz CT molecular complexity index is 559. The number of rotatable bonds is 27. The minimum Gasteiger partial charge on any atom is -0.481 e. The molecule has 0 aromatic carbocycles. The van der Waals surface area contributed by atoms with E-state index in [2.05, 4.69) is 36.7 Å². The highest BCUT2D eigenvalue weighted by molar-refractivity contribution is 9.09. The number of carboxylic acids is 1. The number of aliphatic carboxylic acids is 1. The van der Waals surface area contributed by atoms with Crippen molar-refractivity contribution in [3.05, 3.63) is 0 Å². The molecule has 0 amide bonds. The average Bonchev–Trinajstić information content (AvgIpc) is 3.00. The quantitative estimate of drug-likeness (QED) is 0.0491. The Labute approximate surface area is 278 Å². The van der Waals surface area contributed by atoms with Crippen LogP contribution in [0.3, 0.4) is 0 Å². The fraction of sp³-hybridized carbons (Fsp3) is 0.912. The molecule has 0 aromatic rings. The van der Waals surface area contributed by atoms with Crippen LogP contribution in [0, 0.1) is 0 Å². The van der Waals surface area contributed by atoms with Gasteiger partial charge in [0.2, 0.25) is 0 Å². The van der Waals surface area contributed by atoms with E-state index < -0.39 is 5.97 Å². The van der Waals surface area contributed by atoms with Crippen molar-refractivity contribution in [3.8, 4) is 0 Å². The zero-order chi connectivity index (χ0) is 33.9. The summed E-state index contributed by atoms with van der Waals surface area (Å²) in [4.78, 5) is 31.8. The van der Waals surface area contributed by atoms with Crippen molar-refractivity contribution in [3.63, 3.8) is 0 Å². The van der Waals surface area contributed by atoms with E-state index in [1.807, 2.05) is 13.8 Å². The number of hydrogen-bond donors (Lipinski definition) is 2. The van der Waals surface area contributed by atoms with Crippen LogP contribution in [0.2, 0.25) is 0 Å². The van der Waals surface area contributed by atoms with E-state index in [1.165, 1.54) is 32.1 Å². The lowest BCUT2D eigenvalue weighted by Crippen LogP contribution is -2.04. The molecule has 266 valence electrons. The van der Waals surface area contributed by atoms with E-state index >= 15 is 0 Å². The van der Waals surface area contributed by atoms with Gasteiger partial charge in [-0.15, -0.1) is 0 Å². The molecule has 0 unspecified atom stereocenters. The molecule has 0 fully saturated rings. The van der Waals surface area contributed by atoms with Crippen molar-refractivity contribution in [2.75, 3.05) is 51.6 Å². The van der Waals surface area contributed by atoms with Gasteiger partial charge in [0.05, 0.1) is 13.2 Å². The zero-order valence-corrected chi connectivity index (χ0v) is 30.6. The van der Waals surface area contributed by atoms with Crippen LogP contribution in [0.5, 0.6) is 0 Å². The predicted octanol–water partition coefficient (Wildman–Crippen LogP) is 8.66. The van der Waals surface area contributed by atoms with E-state index in [4.69, 9.17) is 29.2 Å². The fourth-order valence-corrected chi connectivity index (χ4v) is 3.65. The Morgan fingerprint density at radius 2 is 0.886 bits per heavy atom. The number of aliphatic hydroxyl groups is 1. The van der Waals surface area contributed by atoms with Crippen LogP contribution >= 0.6 is 15.9 Å². The van der Waals surface area contributed by atoms with Gasteiger partial charge in [-0.2, -0.15) is 0 Å². The van der Waals surface area contributed by atoms with Gasteiger partial charge in [-0.05, 0) is 71.6 Å². The van der Waals surface area contributed by atoms with Gasteiger partial charge < -0.3 is 29.2 Å². The molecule has 0 heterocycles. The molecule has 0 radical (unpaired) electrons. The molecule has 2 N–H and O–H groups in total. The summed E-state index contributed by atoms with van der Waals surface area (Å²) in [5, 5.41) is 17.5. The summed E-state index contributed by atoms with van der Waals surface area (Å²) >= 11 is 3.29. The van der Waals surface area contributed by atoms with E-state index in [0.29, 0.717) is 39.3 Å². The normalized spacial score (nSPS) is 9.89. The Hall–Kier alpha value is -1.23. The van der Waals surface area contributed by atoms with E-state index in [0.717, 1.165) is 89.4 Å². The largest absolute Gasteiger partial charge is 0.481 e. The molecule has 0 bridgehead atoms. The molecule has 0 saturated heterocycles. The van der Waals surface area contributed by atoms with Crippen molar-refractivity contribution < 1.29 is 43.5 Å². The van der Waals surface area contributed by atoms with Gasteiger partial charge in [0.15, 0.2) is 0 Å². The number of esters is 2. The second kappa shape index (κ2) is 48.7. The van der Waals surface area contributed by atoms with Crippen molar-refractivity contribution in [2.24, 2.45) is 0 Å². The summed E-state index contributed by atoms with van der Waals surface area (Å²) in [6.45, 7) is 14.6. The Balaban J connectivity index is -0.000000253. The third kappa shape index (κ3) is 60.0. The lowest BCUT2D eigenvalue weighted by molar-refractivity contribution is -0.144. The number of carbonyl (C=O) groups excluding carboxylic acids is 2. The van der Waals surface area contributed by atoms with E-state index in [9.17, 15) is 14.4 Å². The summed E-state index contributed by atoms with van der Waals surface area (Å²) in [5.41, 5.74) is 0. The maximum absolute atomic E-state index is 11.0. The minimum atomic E-state index is -0.717. The molecule has 10 heteroatoms. The SMILES string of the molecule is CCCCCO.CCCCCOCCCCC(=O)O.CCCCCOCCCCC(=O)OCC.CCOC(=O)CCCCBr. The van der Waals surface area contributed by atoms with Gasteiger partial charge in [-0.25, -0.2) is 0 Å². The lowest BCUT2D eigenvalue weighted by atomic mass is 10.2. The van der Waals surface area contributed by atoms with Crippen LogP contribution in [-0.2, 0) is 33.3 Å². The maximum atomic E-state index is 11.0. The number of aliphatic hydroxyl groups excluding tert-OH is 1. The van der Waals surface area contributed by atoms with Crippen molar-refractivity contribution >= 4 is 33.8 Å². The van der Waals surface area contributed by atoms with Crippen molar-refractivity contribution in [1.82, 2.24) is 0 Å². The first-order chi connectivity index (χ1) is 21.3. The molecule has 0 atom stereocenters. The molecule has 0 aliphatic heterocycles. The number of carbonyl (C=O) groups is 3. The molecule has 0 aliphatic carbocycles. The van der Waals surface area contributed by atoms with E-state index in [-0.39, 0.29) is 18.4 Å². The molecule has 0 rings (SSSR count). The van der Waals surface area contributed by atoms with Gasteiger partial charge in [0.25, 0.3) is 0 Å². The summed E-state index contributed by atoms with van der Waals surface area (Å²) in [5.74, 6) is -0.891. The molecule has 44 heavy (non-hydrogen) atoms. The lowest BCUT2D eigenvalue weighted by Gasteiger charge is -2.03. The fourth-order valence-electron chi connectivity index (χ4n) is 3.26. The van der Waals surface area contributed by atoms with E-state index in [1.54, 1.807) is 0 Å². The number of carboxylic acid groups (broad SMARTS) is 1. The van der Waals surface area contributed by atoms with Gasteiger partial charge in [-0.3, -0.25) is 14.4 Å². The molecule has 0 saturated carbocycles. The summed E-state index contributed by atoms with van der Waals surface area (Å²) < 4.78 is 20.3. The van der Waals surface area contributed by atoms with Crippen molar-refractivity contribution in [1.29, 1.82) is 0 Å². The molecule has 0 aromatic heterocycles. The van der Waals surface area contributed by atoms with Gasteiger partial charge >= 0.3 is 17.9 Å². The topological polar surface area (TPSA) is 129 Å². The van der Waals surface area contributed by atoms with Crippen LogP contribution in [0.4, 0.5) is 0 Å². The first-order valence-corrected chi connectivity index (χ1v) is 18.3. The molecule has 0 aliphatic rings. The Kier molecular flexibility index (Phi) is 54.9. The van der Waals surface area contributed by atoms with Crippen LogP contribution in [0.15, 0.2) is 0 Å². The summed E-state index contributed by atoms with van der Waals surface area (Å²) in [7, 11) is 0. The van der Waals surface area contributed by atoms with Gasteiger partial charge in [0.1, 0.15) is 0 Å². The van der Waals surface area contributed by atoms with Crippen molar-refractivity contribution in [2.45, 2.75) is 150 Å². The number of hydrogen-bond acceptors (Lipinski definition) is 8. The number of alkyl halides is 1. The number of unbranched alkanes of at least 4 members (excludes halogenated alkanes) is 9. The molecular formula is C34H69BrO9. The first-order valence-electron chi connectivity index (χ1n) is 17.2. The molecule has 0 spiro atoms. The second-order valence-electron chi connectivity index (χ2n) is 10.1. The average molecular weight is 702 g/mol. The summed E-state index contributed by atoms with van der Waals surface area (Å²) in [6.07, 6.45) is 17.2. The third-order valence-electron chi connectivity index (χ3n) is 5.77. The smallest absolute Gasteiger partial charge is 0.305 e. The second-order valence-corrected chi connectivity index (χ2v) is 10.9. The van der Waals surface area contributed by atoms with Gasteiger partial charge in [-0.1, -0.05) is 75.2 Å². The number of halogens is 1. The number of ether oxygens (including phenoxy) is 4. The van der Waals surface area contributed by atoms with Gasteiger partial charge in [0, 0.05) is 57.6 Å². The highest BCUT2D eigenvalue weighted by Crippen LogP contribution is 2.01. The molecule has 9 nitrogen and oxygen atoms in total. The maximum Gasteiger partial charge on any atom is 0.305 e. The summed E-state index contributed by atoms with van der Waals surface area (Å²) in [6, 6.07) is 0. The highest BCUT2D eigenvalue weighted by Gasteiger charge is 2.01. The Morgan fingerprint density at radius 3 is 1.20 bits per heavy atom. The zero-order valence-electron chi connectivity index (χ0n) is 29.0. The van der Waals surface area contributed by atoms with Crippen LogP contribution < -0.4 is 0 Å².